The number of benzene rings is 2. The lowest BCUT2D eigenvalue weighted by Gasteiger charge is -2.19. The summed E-state index contributed by atoms with van der Waals surface area (Å²) < 4.78 is 30.2. The predicted molar refractivity (Wildman–Crippen MR) is 86.1 cm³/mol. The third kappa shape index (κ3) is 2.31. The molecule has 0 unspecified atom stereocenters. The van der Waals surface area contributed by atoms with Gasteiger partial charge in [-0.25, -0.2) is 8.42 Å². The van der Waals surface area contributed by atoms with Crippen LogP contribution in [0.4, 0.5) is 0 Å². The average Bonchev–Trinajstić information content (AvgIpc) is 2.54. The van der Waals surface area contributed by atoms with Crippen molar-refractivity contribution in [3.8, 4) is 16.9 Å². The van der Waals surface area contributed by atoms with E-state index >= 15 is 0 Å². The SMILES string of the molecule is O=S1(=O)CCCc2ccc(-c3ccc4c(c3)CCCO4)cc21. The van der Waals surface area contributed by atoms with Crippen molar-refractivity contribution >= 4 is 9.84 Å². The Morgan fingerprint density at radius 3 is 2.55 bits per heavy atom. The van der Waals surface area contributed by atoms with E-state index in [9.17, 15) is 8.42 Å². The van der Waals surface area contributed by atoms with E-state index in [1.165, 1.54) is 5.56 Å². The van der Waals surface area contributed by atoms with Crippen molar-refractivity contribution in [1.29, 1.82) is 0 Å². The molecule has 2 aromatic carbocycles. The smallest absolute Gasteiger partial charge is 0.178 e. The molecule has 0 amide bonds. The van der Waals surface area contributed by atoms with Crippen LogP contribution in [0.2, 0.25) is 0 Å². The van der Waals surface area contributed by atoms with Crippen molar-refractivity contribution in [3.05, 3.63) is 47.5 Å². The molecule has 22 heavy (non-hydrogen) atoms. The summed E-state index contributed by atoms with van der Waals surface area (Å²) in [6, 6.07) is 12.0. The van der Waals surface area contributed by atoms with E-state index in [0.717, 1.165) is 54.7 Å². The summed E-state index contributed by atoms with van der Waals surface area (Å²) in [5.74, 6) is 1.22. The van der Waals surface area contributed by atoms with Crippen LogP contribution in [0.5, 0.6) is 5.75 Å². The van der Waals surface area contributed by atoms with E-state index in [1.54, 1.807) is 0 Å². The monoisotopic (exact) mass is 314 g/mol. The second kappa shape index (κ2) is 5.13. The molecular formula is C18H18O3S. The highest BCUT2D eigenvalue weighted by atomic mass is 32.2. The molecular weight excluding hydrogens is 296 g/mol. The molecule has 0 saturated heterocycles. The number of fused-ring (bicyclic) bond motifs is 2. The molecule has 0 spiro atoms. The van der Waals surface area contributed by atoms with E-state index in [-0.39, 0.29) is 5.75 Å². The summed E-state index contributed by atoms with van der Waals surface area (Å²) in [7, 11) is -3.11. The van der Waals surface area contributed by atoms with Crippen molar-refractivity contribution in [2.75, 3.05) is 12.4 Å². The molecule has 114 valence electrons. The molecule has 2 aliphatic rings. The van der Waals surface area contributed by atoms with E-state index in [1.807, 2.05) is 30.3 Å². The molecule has 0 N–H and O–H groups in total. The summed E-state index contributed by atoms with van der Waals surface area (Å²) in [5, 5.41) is 0. The van der Waals surface area contributed by atoms with Gasteiger partial charge in [-0.15, -0.1) is 0 Å². The van der Waals surface area contributed by atoms with Crippen LogP contribution in [-0.2, 0) is 22.7 Å². The first-order chi connectivity index (χ1) is 10.6. The molecule has 3 nitrogen and oxygen atoms in total. The van der Waals surface area contributed by atoms with Gasteiger partial charge in [0.2, 0.25) is 0 Å². The lowest BCUT2D eigenvalue weighted by atomic mass is 9.97. The van der Waals surface area contributed by atoms with Gasteiger partial charge in [-0.05, 0) is 66.1 Å². The molecule has 2 aromatic rings. The van der Waals surface area contributed by atoms with Gasteiger partial charge in [-0.1, -0.05) is 18.2 Å². The van der Waals surface area contributed by atoms with Gasteiger partial charge in [0.15, 0.2) is 9.84 Å². The van der Waals surface area contributed by atoms with Crippen molar-refractivity contribution in [3.63, 3.8) is 0 Å². The minimum atomic E-state index is -3.11. The zero-order chi connectivity index (χ0) is 15.2. The molecule has 2 aliphatic heterocycles. The normalized spacial score (nSPS) is 18.9. The van der Waals surface area contributed by atoms with Gasteiger partial charge in [0.1, 0.15) is 5.75 Å². The average molecular weight is 314 g/mol. The molecule has 4 rings (SSSR count). The van der Waals surface area contributed by atoms with Crippen molar-refractivity contribution < 1.29 is 13.2 Å². The summed E-state index contributed by atoms with van der Waals surface area (Å²) in [4.78, 5) is 0.519. The maximum Gasteiger partial charge on any atom is 0.178 e. The highest BCUT2D eigenvalue weighted by Gasteiger charge is 2.24. The second-order valence-corrected chi connectivity index (χ2v) is 8.10. The number of aryl methyl sites for hydroxylation is 2. The first-order valence-corrected chi connectivity index (χ1v) is 9.40. The maximum atomic E-state index is 12.3. The lowest BCUT2D eigenvalue weighted by molar-refractivity contribution is 0.288. The molecule has 0 aliphatic carbocycles. The fraction of sp³-hybridized carbons (Fsp3) is 0.333. The first-order valence-electron chi connectivity index (χ1n) is 7.75. The Morgan fingerprint density at radius 2 is 1.64 bits per heavy atom. The summed E-state index contributed by atoms with van der Waals surface area (Å²) in [5.41, 5.74) is 4.20. The van der Waals surface area contributed by atoms with Gasteiger partial charge in [-0.3, -0.25) is 0 Å². The Kier molecular flexibility index (Phi) is 3.22. The van der Waals surface area contributed by atoms with Crippen LogP contribution in [-0.4, -0.2) is 20.8 Å². The van der Waals surface area contributed by atoms with Gasteiger partial charge in [0, 0.05) is 0 Å². The van der Waals surface area contributed by atoms with Gasteiger partial charge < -0.3 is 4.74 Å². The number of ether oxygens (including phenoxy) is 1. The molecule has 0 atom stereocenters. The van der Waals surface area contributed by atoms with Gasteiger partial charge in [0.05, 0.1) is 17.3 Å². The van der Waals surface area contributed by atoms with Crippen LogP contribution >= 0.6 is 0 Å². The lowest BCUT2D eigenvalue weighted by Crippen LogP contribution is -2.16. The largest absolute Gasteiger partial charge is 0.493 e. The quantitative estimate of drug-likeness (QED) is 0.810. The Balaban J connectivity index is 1.81. The molecule has 0 radical (unpaired) electrons. The Bertz CT molecular complexity index is 837. The number of hydrogen-bond acceptors (Lipinski definition) is 3. The number of rotatable bonds is 1. The van der Waals surface area contributed by atoms with Gasteiger partial charge in [-0.2, -0.15) is 0 Å². The van der Waals surface area contributed by atoms with E-state index in [4.69, 9.17) is 4.74 Å². The van der Waals surface area contributed by atoms with Crippen LogP contribution in [0.15, 0.2) is 41.3 Å². The minimum absolute atomic E-state index is 0.265. The fourth-order valence-corrected chi connectivity index (χ4v) is 4.95. The van der Waals surface area contributed by atoms with Crippen LogP contribution in [0, 0.1) is 0 Å². The Morgan fingerprint density at radius 1 is 0.864 bits per heavy atom. The molecule has 0 saturated carbocycles. The van der Waals surface area contributed by atoms with Crippen LogP contribution in [0.3, 0.4) is 0 Å². The highest BCUT2D eigenvalue weighted by Crippen LogP contribution is 2.33. The first kappa shape index (κ1) is 13.8. The molecule has 2 heterocycles. The molecule has 0 fully saturated rings. The van der Waals surface area contributed by atoms with E-state index in [2.05, 4.69) is 6.07 Å². The van der Waals surface area contributed by atoms with Crippen LogP contribution in [0.1, 0.15) is 24.0 Å². The second-order valence-electron chi connectivity index (χ2n) is 6.02. The fourth-order valence-electron chi connectivity index (χ4n) is 3.33. The van der Waals surface area contributed by atoms with Gasteiger partial charge >= 0.3 is 0 Å². The van der Waals surface area contributed by atoms with Crippen molar-refractivity contribution in [2.45, 2.75) is 30.6 Å². The summed E-state index contributed by atoms with van der Waals surface area (Å²) in [6.45, 7) is 0.781. The Hall–Kier alpha value is -1.81. The van der Waals surface area contributed by atoms with Gasteiger partial charge in [0.25, 0.3) is 0 Å². The van der Waals surface area contributed by atoms with E-state index in [0.29, 0.717) is 4.90 Å². The van der Waals surface area contributed by atoms with Crippen molar-refractivity contribution in [2.24, 2.45) is 0 Å². The summed E-state index contributed by atoms with van der Waals surface area (Å²) in [6.07, 6.45) is 3.64. The zero-order valence-corrected chi connectivity index (χ0v) is 13.2. The Labute approximate surface area is 130 Å². The molecule has 0 bridgehead atoms. The predicted octanol–water partition coefficient (Wildman–Crippen LogP) is 3.40. The summed E-state index contributed by atoms with van der Waals surface area (Å²) >= 11 is 0. The third-order valence-corrected chi connectivity index (χ3v) is 6.38. The highest BCUT2D eigenvalue weighted by molar-refractivity contribution is 7.91. The van der Waals surface area contributed by atoms with Crippen LogP contribution < -0.4 is 4.74 Å². The number of sulfone groups is 1. The minimum Gasteiger partial charge on any atom is -0.493 e. The van der Waals surface area contributed by atoms with Crippen molar-refractivity contribution in [1.82, 2.24) is 0 Å². The molecule has 0 aromatic heterocycles. The third-order valence-electron chi connectivity index (χ3n) is 4.50. The standard InChI is InChI=1S/C18H18O3S/c19-22(20)10-2-4-13-5-6-15(12-18(13)22)14-7-8-17-16(11-14)3-1-9-21-17/h5-8,11-12H,1-4,9-10H2. The van der Waals surface area contributed by atoms with Crippen LogP contribution in [0.25, 0.3) is 11.1 Å². The topological polar surface area (TPSA) is 43.4 Å². The number of hydrogen-bond donors (Lipinski definition) is 0. The zero-order valence-electron chi connectivity index (χ0n) is 12.3. The van der Waals surface area contributed by atoms with E-state index < -0.39 is 9.84 Å². The molecule has 4 heteroatoms. The maximum absolute atomic E-state index is 12.3.